The Morgan fingerprint density at radius 2 is 1.88 bits per heavy atom. The number of non-ortho nitro benzene ring substituents is 1. The van der Waals surface area contributed by atoms with E-state index in [-0.39, 0.29) is 41.8 Å². The van der Waals surface area contributed by atoms with Crippen molar-refractivity contribution in [3.05, 3.63) is 92.8 Å². The number of rotatable bonds is 9. The molecular weight excluding hydrogens is 444 g/mol. The number of furan rings is 1. The summed E-state index contributed by atoms with van der Waals surface area (Å²) in [5, 5.41) is 16.4. The Bertz CT molecular complexity index is 1390. The predicted molar refractivity (Wildman–Crippen MR) is 121 cm³/mol. The van der Waals surface area contributed by atoms with E-state index in [2.05, 4.69) is 10.6 Å². The monoisotopic (exact) mass is 464 g/mol. The first kappa shape index (κ1) is 22.5. The molecule has 0 aliphatic rings. The van der Waals surface area contributed by atoms with Gasteiger partial charge in [-0.15, -0.1) is 0 Å². The van der Waals surface area contributed by atoms with Crippen LogP contribution in [0.1, 0.15) is 29.0 Å². The van der Waals surface area contributed by atoms with E-state index in [4.69, 9.17) is 8.83 Å². The highest BCUT2D eigenvalue weighted by Crippen LogP contribution is 2.20. The summed E-state index contributed by atoms with van der Waals surface area (Å²) in [6.45, 7) is 0.546. The SMILES string of the molecule is O=C(CCCn1c(=O)oc2cc([N+](=O)[O-])ccc21)NCc1ccc(NC(=O)c2ccco2)cc1. The molecule has 0 atom stereocenters. The van der Waals surface area contributed by atoms with Crippen molar-refractivity contribution in [2.75, 3.05) is 5.32 Å². The topological polar surface area (TPSA) is 150 Å². The number of aromatic nitrogens is 1. The molecule has 0 fully saturated rings. The molecule has 11 heteroatoms. The van der Waals surface area contributed by atoms with Crippen molar-refractivity contribution in [3.8, 4) is 0 Å². The number of amides is 2. The number of carbonyl (C=O) groups is 2. The van der Waals surface area contributed by atoms with Crippen molar-refractivity contribution >= 4 is 34.3 Å². The number of carbonyl (C=O) groups excluding carboxylic acids is 2. The highest BCUT2D eigenvalue weighted by atomic mass is 16.6. The van der Waals surface area contributed by atoms with E-state index in [1.807, 2.05) is 0 Å². The van der Waals surface area contributed by atoms with Crippen LogP contribution in [0.3, 0.4) is 0 Å². The second-order valence-electron chi connectivity index (χ2n) is 7.44. The molecule has 11 nitrogen and oxygen atoms in total. The average Bonchev–Trinajstić information content (AvgIpc) is 3.46. The smallest absolute Gasteiger partial charge is 0.419 e. The fraction of sp³-hybridized carbons (Fsp3) is 0.174. The van der Waals surface area contributed by atoms with Gasteiger partial charge in [0.1, 0.15) is 0 Å². The largest absolute Gasteiger partial charge is 0.459 e. The van der Waals surface area contributed by atoms with Gasteiger partial charge in [-0.25, -0.2) is 4.79 Å². The van der Waals surface area contributed by atoms with Crippen LogP contribution in [0.25, 0.3) is 11.1 Å². The second kappa shape index (κ2) is 9.86. The molecule has 0 saturated carbocycles. The number of oxazole rings is 1. The first-order chi connectivity index (χ1) is 16.4. The summed E-state index contributed by atoms with van der Waals surface area (Å²) in [6.07, 6.45) is 1.99. The Morgan fingerprint density at radius 1 is 1.09 bits per heavy atom. The van der Waals surface area contributed by atoms with Crippen LogP contribution in [0, 0.1) is 10.1 Å². The Balaban J connectivity index is 1.25. The minimum Gasteiger partial charge on any atom is -0.459 e. The molecule has 0 bridgehead atoms. The summed E-state index contributed by atoms with van der Waals surface area (Å²) in [6, 6.07) is 14.2. The van der Waals surface area contributed by atoms with Crippen LogP contribution in [-0.2, 0) is 17.9 Å². The maximum absolute atomic E-state index is 12.2. The zero-order chi connectivity index (χ0) is 24.1. The van der Waals surface area contributed by atoms with Crippen LogP contribution < -0.4 is 16.4 Å². The lowest BCUT2D eigenvalue weighted by atomic mass is 10.2. The number of aryl methyl sites for hydroxylation is 1. The van der Waals surface area contributed by atoms with Crippen LogP contribution in [0.2, 0.25) is 0 Å². The number of hydrogen-bond acceptors (Lipinski definition) is 7. The van der Waals surface area contributed by atoms with Crippen molar-refractivity contribution in [2.24, 2.45) is 0 Å². The van der Waals surface area contributed by atoms with Crippen LogP contribution in [0.4, 0.5) is 11.4 Å². The number of nitro groups is 1. The molecule has 34 heavy (non-hydrogen) atoms. The maximum atomic E-state index is 12.2. The van der Waals surface area contributed by atoms with Gasteiger partial charge in [0, 0.05) is 31.3 Å². The Hall–Kier alpha value is -4.67. The molecule has 2 aromatic carbocycles. The summed E-state index contributed by atoms with van der Waals surface area (Å²) in [5.74, 6) is -0.959. The molecule has 0 aliphatic carbocycles. The number of benzene rings is 2. The van der Waals surface area contributed by atoms with Crippen LogP contribution in [-0.4, -0.2) is 21.3 Å². The summed E-state index contributed by atoms with van der Waals surface area (Å²) < 4.78 is 11.5. The lowest BCUT2D eigenvalue weighted by Crippen LogP contribution is -2.23. The number of hydrogen-bond donors (Lipinski definition) is 2. The molecule has 4 rings (SSSR count). The predicted octanol–water partition coefficient (Wildman–Crippen LogP) is 3.44. The van der Waals surface area contributed by atoms with Gasteiger partial charge in [0.05, 0.1) is 22.8 Å². The lowest BCUT2D eigenvalue weighted by molar-refractivity contribution is -0.384. The minimum atomic E-state index is -0.630. The molecule has 0 unspecified atom stereocenters. The van der Waals surface area contributed by atoms with Crippen molar-refractivity contribution in [1.29, 1.82) is 0 Å². The van der Waals surface area contributed by atoms with Gasteiger partial charge in [0.2, 0.25) is 5.91 Å². The van der Waals surface area contributed by atoms with E-state index in [0.717, 1.165) is 5.56 Å². The van der Waals surface area contributed by atoms with Crippen molar-refractivity contribution in [2.45, 2.75) is 25.9 Å². The molecule has 2 N–H and O–H groups in total. The van der Waals surface area contributed by atoms with E-state index < -0.39 is 10.7 Å². The quantitative estimate of drug-likeness (QED) is 0.284. The normalized spacial score (nSPS) is 10.8. The van der Waals surface area contributed by atoms with Crippen molar-refractivity contribution < 1.29 is 23.3 Å². The van der Waals surface area contributed by atoms with Gasteiger partial charge in [-0.05, 0) is 42.3 Å². The van der Waals surface area contributed by atoms with Gasteiger partial charge in [0.25, 0.3) is 11.6 Å². The third kappa shape index (κ3) is 5.21. The van der Waals surface area contributed by atoms with Gasteiger partial charge in [-0.1, -0.05) is 12.1 Å². The fourth-order valence-corrected chi connectivity index (χ4v) is 3.37. The van der Waals surface area contributed by atoms with Gasteiger partial charge >= 0.3 is 5.76 Å². The van der Waals surface area contributed by atoms with Gasteiger partial charge in [0.15, 0.2) is 11.3 Å². The molecule has 0 spiro atoms. The van der Waals surface area contributed by atoms with E-state index in [9.17, 15) is 24.5 Å². The first-order valence-electron chi connectivity index (χ1n) is 10.4. The Labute approximate surface area is 192 Å². The zero-order valence-corrected chi connectivity index (χ0v) is 17.9. The van der Waals surface area contributed by atoms with Gasteiger partial charge in [-0.2, -0.15) is 0 Å². The van der Waals surface area contributed by atoms with E-state index in [0.29, 0.717) is 24.2 Å². The van der Waals surface area contributed by atoms with Crippen molar-refractivity contribution in [3.63, 3.8) is 0 Å². The third-order valence-corrected chi connectivity index (χ3v) is 5.09. The second-order valence-corrected chi connectivity index (χ2v) is 7.44. The minimum absolute atomic E-state index is 0.132. The average molecular weight is 464 g/mol. The standard InChI is InChI=1S/C23H20N4O7/c28-21(4-1-11-26-18-10-9-17(27(31)32)13-20(18)34-23(26)30)24-14-15-5-7-16(8-6-15)25-22(29)19-3-2-12-33-19/h2-3,5-10,12-13H,1,4,11,14H2,(H,24,28)(H,25,29). The third-order valence-electron chi connectivity index (χ3n) is 5.09. The van der Waals surface area contributed by atoms with Crippen LogP contribution in [0.5, 0.6) is 0 Å². The number of nitro benzene ring substituents is 1. The summed E-state index contributed by atoms with van der Waals surface area (Å²) in [7, 11) is 0. The molecule has 174 valence electrons. The summed E-state index contributed by atoms with van der Waals surface area (Å²) in [5.41, 5.74) is 1.85. The number of nitrogens with zero attached hydrogens (tertiary/aromatic N) is 2. The molecule has 2 amide bonds. The number of anilines is 1. The Kier molecular flexibility index (Phi) is 6.53. The van der Waals surface area contributed by atoms with Crippen LogP contribution >= 0.6 is 0 Å². The summed E-state index contributed by atoms with van der Waals surface area (Å²) >= 11 is 0. The van der Waals surface area contributed by atoms with Gasteiger partial charge in [-0.3, -0.25) is 24.3 Å². The van der Waals surface area contributed by atoms with E-state index in [1.54, 1.807) is 36.4 Å². The fourth-order valence-electron chi connectivity index (χ4n) is 3.37. The number of fused-ring (bicyclic) bond motifs is 1. The number of nitrogens with one attached hydrogen (secondary N) is 2. The first-order valence-corrected chi connectivity index (χ1v) is 10.4. The molecule has 0 saturated heterocycles. The van der Waals surface area contributed by atoms with Crippen LogP contribution in [0.15, 0.2) is 74.5 Å². The van der Waals surface area contributed by atoms with E-state index >= 15 is 0 Å². The summed E-state index contributed by atoms with van der Waals surface area (Å²) in [4.78, 5) is 46.5. The Morgan fingerprint density at radius 3 is 2.59 bits per heavy atom. The molecular formula is C23H20N4O7. The maximum Gasteiger partial charge on any atom is 0.419 e. The highest BCUT2D eigenvalue weighted by molar-refractivity contribution is 6.02. The zero-order valence-electron chi connectivity index (χ0n) is 17.9. The van der Waals surface area contributed by atoms with E-state index in [1.165, 1.54) is 29.0 Å². The molecule has 2 heterocycles. The van der Waals surface area contributed by atoms with Crippen molar-refractivity contribution in [1.82, 2.24) is 9.88 Å². The molecule has 0 radical (unpaired) electrons. The highest BCUT2D eigenvalue weighted by Gasteiger charge is 2.14. The van der Waals surface area contributed by atoms with Gasteiger partial charge < -0.3 is 19.5 Å². The molecule has 2 aromatic heterocycles. The molecule has 0 aliphatic heterocycles. The molecule has 4 aromatic rings. The lowest BCUT2D eigenvalue weighted by Gasteiger charge is -2.08.